The molecule has 0 aromatic heterocycles. The van der Waals surface area contributed by atoms with Crippen molar-refractivity contribution < 1.29 is 23.1 Å². The number of ether oxygens (including phenoxy) is 1. The number of aliphatic imine (C=N–C) groups is 1. The van der Waals surface area contributed by atoms with Crippen molar-refractivity contribution in [1.29, 1.82) is 0 Å². The van der Waals surface area contributed by atoms with Crippen LogP contribution in [0.1, 0.15) is 18.1 Å². The van der Waals surface area contributed by atoms with Crippen LogP contribution in [0.15, 0.2) is 35.6 Å². The van der Waals surface area contributed by atoms with Crippen LogP contribution in [0.4, 0.5) is 8.78 Å². The fourth-order valence-corrected chi connectivity index (χ4v) is 2.41. The summed E-state index contributed by atoms with van der Waals surface area (Å²) in [5, 5.41) is 8.00. The predicted octanol–water partition coefficient (Wildman–Crippen LogP) is 1.23. The van der Waals surface area contributed by atoms with E-state index in [0.717, 1.165) is 0 Å². The molecule has 3 N–H and O–H groups in total. The highest BCUT2D eigenvalue weighted by molar-refractivity contribution is 6.06. The molecule has 1 aliphatic heterocycles. The van der Waals surface area contributed by atoms with E-state index in [0.29, 0.717) is 16.9 Å². The van der Waals surface area contributed by atoms with E-state index >= 15 is 0 Å². The zero-order chi connectivity index (χ0) is 19.2. The Balaban J connectivity index is 2.08. The fraction of sp³-hybridized carbons (Fsp3) is 0.353. The van der Waals surface area contributed by atoms with Gasteiger partial charge < -0.3 is 20.7 Å². The van der Waals surface area contributed by atoms with Crippen molar-refractivity contribution in [3.8, 4) is 5.75 Å². The molecule has 1 aromatic rings. The van der Waals surface area contributed by atoms with E-state index in [1.165, 1.54) is 25.5 Å². The van der Waals surface area contributed by atoms with Gasteiger partial charge in [0.15, 0.2) is 0 Å². The summed E-state index contributed by atoms with van der Waals surface area (Å²) in [6.07, 6.45) is 1.61. The molecule has 0 radical (unpaired) electrons. The molecule has 140 valence electrons. The van der Waals surface area contributed by atoms with Gasteiger partial charge in [-0.3, -0.25) is 14.6 Å². The Kier molecular flexibility index (Phi) is 6.26. The minimum atomic E-state index is -2.57. The summed E-state index contributed by atoms with van der Waals surface area (Å²) in [5.74, 6) is -0.596. The summed E-state index contributed by atoms with van der Waals surface area (Å²) in [7, 11) is 0. The van der Waals surface area contributed by atoms with Crippen LogP contribution in [0.2, 0.25) is 0 Å². The number of alkyl halides is 2. The lowest BCUT2D eigenvalue weighted by Crippen LogP contribution is -2.67. The van der Waals surface area contributed by atoms with Crippen molar-refractivity contribution >= 4 is 18.0 Å². The van der Waals surface area contributed by atoms with Gasteiger partial charge in [-0.25, -0.2) is 8.78 Å². The van der Waals surface area contributed by atoms with Crippen LogP contribution in [0.3, 0.4) is 0 Å². The third kappa shape index (κ3) is 4.78. The monoisotopic (exact) mass is 366 g/mol. The molecule has 0 spiro atoms. The van der Waals surface area contributed by atoms with Crippen molar-refractivity contribution in [3.05, 3.63) is 41.7 Å². The highest BCUT2D eigenvalue weighted by Crippen LogP contribution is 2.22. The van der Waals surface area contributed by atoms with Gasteiger partial charge in [-0.05, 0) is 24.1 Å². The Hall–Kier alpha value is -2.97. The normalized spacial score (nSPS) is 18.3. The largest absolute Gasteiger partial charge is 0.487 e. The van der Waals surface area contributed by atoms with Crippen LogP contribution < -0.4 is 20.7 Å². The SMILES string of the molecule is CC(=O)NC1(C(=O)NCc2cccc(OCC(F)F)c2C)C=NC=CN1. The molecule has 2 rings (SSSR count). The van der Waals surface area contributed by atoms with Crippen molar-refractivity contribution in [2.75, 3.05) is 6.61 Å². The summed E-state index contributed by atoms with van der Waals surface area (Å²) in [5.41, 5.74) is -0.142. The summed E-state index contributed by atoms with van der Waals surface area (Å²) < 4.78 is 29.7. The molecule has 0 bridgehead atoms. The number of benzene rings is 1. The first-order valence-electron chi connectivity index (χ1n) is 7.87. The van der Waals surface area contributed by atoms with Crippen LogP contribution in [0, 0.1) is 6.92 Å². The predicted molar refractivity (Wildman–Crippen MR) is 91.8 cm³/mol. The fourth-order valence-electron chi connectivity index (χ4n) is 2.41. The minimum absolute atomic E-state index is 0.122. The summed E-state index contributed by atoms with van der Waals surface area (Å²) >= 11 is 0. The van der Waals surface area contributed by atoms with Gasteiger partial charge in [-0.2, -0.15) is 0 Å². The van der Waals surface area contributed by atoms with Crippen molar-refractivity contribution in [2.45, 2.75) is 32.5 Å². The molecule has 1 atom stereocenters. The number of nitrogens with zero attached hydrogens (tertiary/aromatic N) is 1. The number of carbonyl (C=O) groups excluding carboxylic acids is 2. The molecule has 1 unspecified atom stereocenters. The first kappa shape index (κ1) is 19.4. The van der Waals surface area contributed by atoms with E-state index in [1.54, 1.807) is 25.1 Å². The van der Waals surface area contributed by atoms with Crippen molar-refractivity contribution in [1.82, 2.24) is 16.0 Å². The van der Waals surface area contributed by atoms with Crippen LogP contribution >= 0.6 is 0 Å². The molecule has 0 saturated carbocycles. The van der Waals surface area contributed by atoms with E-state index in [4.69, 9.17) is 4.74 Å². The molecule has 2 amide bonds. The smallest absolute Gasteiger partial charge is 0.272 e. The Morgan fingerprint density at radius 2 is 2.15 bits per heavy atom. The summed E-state index contributed by atoms with van der Waals surface area (Å²) in [4.78, 5) is 27.9. The first-order chi connectivity index (χ1) is 12.3. The molecule has 9 heteroatoms. The van der Waals surface area contributed by atoms with Gasteiger partial charge in [0.2, 0.25) is 11.6 Å². The third-order valence-electron chi connectivity index (χ3n) is 3.67. The van der Waals surface area contributed by atoms with Gasteiger partial charge in [-0.15, -0.1) is 0 Å². The second-order valence-corrected chi connectivity index (χ2v) is 5.65. The number of amides is 2. The maximum atomic E-state index is 12.6. The quantitative estimate of drug-likeness (QED) is 0.677. The maximum Gasteiger partial charge on any atom is 0.272 e. The molecule has 0 aliphatic carbocycles. The molecule has 1 aromatic carbocycles. The topological polar surface area (TPSA) is 91.8 Å². The number of halogens is 2. The lowest BCUT2D eigenvalue weighted by Gasteiger charge is -2.31. The van der Waals surface area contributed by atoms with Crippen molar-refractivity contribution in [2.24, 2.45) is 4.99 Å². The first-order valence-corrected chi connectivity index (χ1v) is 7.87. The van der Waals surface area contributed by atoms with Crippen LogP contribution in [0.25, 0.3) is 0 Å². The van der Waals surface area contributed by atoms with E-state index in [2.05, 4.69) is 20.9 Å². The summed E-state index contributed by atoms with van der Waals surface area (Å²) in [6, 6.07) is 4.99. The zero-order valence-corrected chi connectivity index (χ0v) is 14.4. The lowest BCUT2D eigenvalue weighted by molar-refractivity contribution is -0.130. The lowest BCUT2D eigenvalue weighted by atomic mass is 10.1. The van der Waals surface area contributed by atoms with Gasteiger partial charge in [0.05, 0.1) is 6.21 Å². The highest BCUT2D eigenvalue weighted by Gasteiger charge is 2.37. The number of hydrogen-bond donors (Lipinski definition) is 3. The van der Waals surface area contributed by atoms with Crippen LogP contribution in [0.5, 0.6) is 5.75 Å². The molecular weight excluding hydrogens is 346 g/mol. The van der Waals surface area contributed by atoms with Gasteiger partial charge in [0.25, 0.3) is 12.3 Å². The second-order valence-electron chi connectivity index (χ2n) is 5.65. The molecule has 0 fully saturated rings. The molecule has 0 saturated heterocycles. The average Bonchev–Trinajstić information content (AvgIpc) is 2.59. The van der Waals surface area contributed by atoms with Gasteiger partial charge in [0, 0.05) is 25.9 Å². The number of rotatable bonds is 7. The Bertz CT molecular complexity index is 737. The maximum absolute atomic E-state index is 12.6. The third-order valence-corrected chi connectivity index (χ3v) is 3.67. The van der Waals surface area contributed by atoms with E-state index in [-0.39, 0.29) is 6.54 Å². The van der Waals surface area contributed by atoms with Crippen LogP contribution in [-0.4, -0.2) is 36.7 Å². The zero-order valence-electron chi connectivity index (χ0n) is 14.4. The Morgan fingerprint density at radius 1 is 1.38 bits per heavy atom. The molecule has 1 heterocycles. The number of carbonyl (C=O) groups is 2. The molecule has 7 nitrogen and oxygen atoms in total. The molecule has 26 heavy (non-hydrogen) atoms. The van der Waals surface area contributed by atoms with E-state index in [9.17, 15) is 18.4 Å². The van der Waals surface area contributed by atoms with E-state index < -0.39 is 30.5 Å². The highest BCUT2D eigenvalue weighted by atomic mass is 19.3. The summed E-state index contributed by atoms with van der Waals surface area (Å²) in [6.45, 7) is 2.43. The number of nitrogens with one attached hydrogen (secondary N) is 3. The minimum Gasteiger partial charge on any atom is -0.487 e. The van der Waals surface area contributed by atoms with Crippen LogP contribution in [-0.2, 0) is 16.1 Å². The molecule has 1 aliphatic rings. The second kappa shape index (κ2) is 8.41. The number of hydrogen-bond acceptors (Lipinski definition) is 5. The Morgan fingerprint density at radius 3 is 2.77 bits per heavy atom. The van der Waals surface area contributed by atoms with Crippen molar-refractivity contribution in [3.63, 3.8) is 0 Å². The van der Waals surface area contributed by atoms with E-state index in [1.807, 2.05) is 0 Å². The van der Waals surface area contributed by atoms with Gasteiger partial charge >= 0.3 is 0 Å². The average molecular weight is 366 g/mol. The van der Waals surface area contributed by atoms with Gasteiger partial charge in [-0.1, -0.05) is 12.1 Å². The van der Waals surface area contributed by atoms with Gasteiger partial charge in [0.1, 0.15) is 12.4 Å². The Labute approximate surface area is 149 Å². The standard InChI is InChI=1S/C17H20F2N4O3/c1-11-13(4-3-5-14(11)26-9-15(18)19)8-21-16(25)17(23-12(2)24)10-20-6-7-22-17/h3-7,10,15,22H,8-9H2,1-2H3,(H,21,25)(H,23,24). The molecular formula is C17H20F2N4O3.